The zero-order valence-corrected chi connectivity index (χ0v) is 63.2. The zero-order valence-electron chi connectivity index (χ0n) is 61.5. The summed E-state index contributed by atoms with van der Waals surface area (Å²) in [4.78, 5) is 184. The topological polar surface area (TPSA) is 509 Å². The van der Waals surface area contributed by atoms with E-state index >= 15 is 4.79 Å². The van der Waals surface area contributed by atoms with Crippen LogP contribution >= 0.6 is 23.5 Å². The quantitative estimate of drug-likeness (QED) is 0.0659. The number of benzene rings is 1. The number of carbonyl (C=O) groups excluding carboxylic acids is 12. The molecule has 105 heavy (non-hydrogen) atoms. The molecule has 4 aliphatic heterocycles. The maximum absolute atomic E-state index is 15.1. The van der Waals surface area contributed by atoms with Gasteiger partial charge in [0, 0.05) is 55.6 Å². The van der Waals surface area contributed by atoms with Gasteiger partial charge in [0.2, 0.25) is 70.9 Å². The fourth-order valence-corrected chi connectivity index (χ4v) is 15.8. The van der Waals surface area contributed by atoms with Crippen LogP contribution in [0.1, 0.15) is 163 Å². The third-order valence-corrected chi connectivity index (χ3v) is 21.9. The standard InChI is InChI=1S/C70H114N16O17S2/c1-9-13-46-60(94)79-48(22-23-54(91)92)61(95)80-49(26-39-18-20-44(90)21-19-39)63(97)78-47(14-10-2)62(96)85-56(37(4)88)68(102)83-52(58(71)93)33-104-31-40-15-11-16-41(25-40)32-105-34-53(84-69(103)57(70(6,7)8)76-38(5)89)66(100)81-51(28-43-30-72-35-75-43)65(99)86-55(36(3)87)67(101)82-50(64(98)77-46)27-42-29-74-59-45(42)17-12-24-73-59/h11,15-16,25,36-37,39,42-53,55-57,59,72-75,87-88,90H,9-10,12-14,17-24,26-35H2,1-8H3,(H2,71,93)(H,76,89)(H,77,98)(H,78,97)(H,79,94)(H,80,95)(H,81,100)(H,82,101)(H,83,102)(H,84,103)(H,85,96)(H,86,99)(H,91,92)/t36-,37-,39?,42?,43?,44?,45?,46+,47+,48+,49+,50+,51+,52+,53+,55+,56+,57-,59?/m1/s1. The molecule has 4 fully saturated rings. The molecule has 5 aliphatic rings. The Kier molecular flexibility index (Phi) is 34.9. The number of carbonyl (C=O) groups is 13. The monoisotopic (exact) mass is 1510 g/mol. The molecule has 4 heterocycles. The number of hydrogen-bond donors (Lipinski definition) is 20. The minimum atomic E-state index is -1.78. The highest BCUT2D eigenvalue weighted by molar-refractivity contribution is 7.98. The van der Waals surface area contributed by atoms with E-state index < -0.39 is 186 Å². The number of nitrogens with two attached hydrogens (primary N) is 1. The van der Waals surface area contributed by atoms with Gasteiger partial charge < -0.3 is 106 Å². The first-order valence-electron chi connectivity index (χ1n) is 36.8. The molecule has 35 heteroatoms. The van der Waals surface area contributed by atoms with Crippen molar-refractivity contribution in [1.82, 2.24) is 79.8 Å². The highest BCUT2D eigenvalue weighted by atomic mass is 32.2. The van der Waals surface area contributed by atoms with Gasteiger partial charge in [-0.15, -0.1) is 0 Å². The summed E-state index contributed by atoms with van der Waals surface area (Å²) in [5.41, 5.74) is 6.50. The Balaban J connectivity index is 1.40. The number of aliphatic carboxylic acids is 1. The molecule has 1 aromatic carbocycles. The minimum absolute atomic E-state index is 0.0112. The van der Waals surface area contributed by atoms with Crippen molar-refractivity contribution in [3.05, 3.63) is 35.4 Å². The average molecular weight is 1520 g/mol. The van der Waals surface area contributed by atoms with E-state index in [1.54, 1.807) is 40.7 Å². The van der Waals surface area contributed by atoms with E-state index in [2.05, 4.69) is 79.8 Å². The van der Waals surface area contributed by atoms with Crippen LogP contribution in [0.5, 0.6) is 0 Å². The third-order valence-electron chi connectivity index (χ3n) is 19.7. The van der Waals surface area contributed by atoms with E-state index in [0.717, 1.165) is 30.5 Å². The van der Waals surface area contributed by atoms with Crippen LogP contribution in [-0.2, 0) is 73.8 Å². The molecule has 1 aromatic rings. The molecule has 33 nitrogen and oxygen atoms in total. The third kappa shape index (κ3) is 27.8. The molecule has 2 bridgehead atoms. The van der Waals surface area contributed by atoms with Crippen molar-refractivity contribution in [2.45, 2.75) is 260 Å². The Bertz CT molecular complexity index is 3150. The van der Waals surface area contributed by atoms with Crippen LogP contribution in [0.25, 0.3) is 0 Å². The molecule has 0 aromatic heterocycles. The van der Waals surface area contributed by atoms with E-state index in [1.807, 2.05) is 18.2 Å². The van der Waals surface area contributed by atoms with E-state index in [4.69, 9.17) is 5.73 Å². The summed E-state index contributed by atoms with van der Waals surface area (Å²) in [6.07, 6.45) is -1.52. The lowest BCUT2D eigenvalue weighted by Gasteiger charge is -2.33. The predicted molar refractivity (Wildman–Crippen MR) is 392 cm³/mol. The van der Waals surface area contributed by atoms with E-state index in [1.165, 1.54) is 44.3 Å². The first-order chi connectivity index (χ1) is 49.7. The summed E-state index contributed by atoms with van der Waals surface area (Å²) in [5.74, 6) is -11.9. The van der Waals surface area contributed by atoms with E-state index in [0.29, 0.717) is 51.9 Å². The predicted octanol–water partition coefficient (Wildman–Crippen LogP) is -2.94. The smallest absolute Gasteiger partial charge is 0.303 e. The Morgan fingerprint density at radius 1 is 0.610 bits per heavy atom. The zero-order chi connectivity index (χ0) is 77.2. The fraction of sp³-hybridized carbons (Fsp3) is 0.729. The SMILES string of the molecule is CCC[C@@H]1NC(=O)[C@H](CC2CNC3NCCCC23)NC(=O)[C@H]([C@@H](C)O)NC(=O)[C@H](CC2CNCN2)NC(=O)[C@@H](NC(=O)[C@@H](NC(C)=O)C(C)(C)C)CSCc2cccc(c2)CSC[C@@H](C(N)=O)NC(=O)[C@H]([C@@H](C)O)NC(=O)[C@H](CCC)NC(=O)[C@H](CC2CCC(O)CC2)NC(=O)[C@H](CCC(=O)O)NC1=O. The lowest BCUT2D eigenvalue weighted by atomic mass is 9.83. The number of aliphatic hydroxyl groups excluding tert-OH is 3. The highest BCUT2D eigenvalue weighted by Gasteiger charge is 2.44. The lowest BCUT2D eigenvalue weighted by molar-refractivity contribution is -0.139. The van der Waals surface area contributed by atoms with E-state index in [-0.39, 0.29) is 85.5 Å². The number of piperidine rings is 1. The molecule has 4 unspecified atom stereocenters. The van der Waals surface area contributed by atoms with Crippen molar-refractivity contribution in [1.29, 1.82) is 0 Å². The first-order valence-corrected chi connectivity index (χ1v) is 39.1. The number of nitrogens with one attached hydrogen (secondary N) is 15. The van der Waals surface area contributed by atoms with Crippen LogP contribution in [0.3, 0.4) is 0 Å². The Labute approximate surface area is 622 Å². The molecule has 3 saturated heterocycles. The highest BCUT2D eigenvalue weighted by Crippen LogP contribution is 2.33. The van der Waals surface area contributed by atoms with Gasteiger partial charge in [-0.25, -0.2) is 0 Å². The summed E-state index contributed by atoms with van der Waals surface area (Å²) in [6.45, 7) is 14.2. The van der Waals surface area contributed by atoms with Gasteiger partial charge in [0.1, 0.15) is 66.5 Å². The molecule has 21 N–H and O–H groups in total. The van der Waals surface area contributed by atoms with Crippen molar-refractivity contribution in [3.63, 3.8) is 0 Å². The van der Waals surface area contributed by atoms with Crippen molar-refractivity contribution in [2.75, 3.05) is 37.8 Å². The number of thioether (sulfide) groups is 2. The fourth-order valence-electron chi connectivity index (χ4n) is 13.8. The Morgan fingerprint density at radius 3 is 1.65 bits per heavy atom. The van der Waals surface area contributed by atoms with Crippen molar-refractivity contribution in [2.24, 2.45) is 28.9 Å². The van der Waals surface area contributed by atoms with Gasteiger partial charge in [-0.1, -0.05) is 71.7 Å². The molecule has 0 radical (unpaired) electrons. The van der Waals surface area contributed by atoms with Gasteiger partial charge in [0.15, 0.2) is 0 Å². The first kappa shape index (κ1) is 86.7. The molecule has 6 rings (SSSR count). The summed E-state index contributed by atoms with van der Waals surface area (Å²) in [6, 6.07) is -9.23. The van der Waals surface area contributed by atoms with Gasteiger partial charge in [0.05, 0.1) is 24.5 Å². The van der Waals surface area contributed by atoms with Crippen LogP contribution in [0.15, 0.2) is 24.3 Å². The summed E-state index contributed by atoms with van der Waals surface area (Å²) in [7, 11) is 0. The minimum Gasteiger partial charge on any atom is -0.481 e. The van der Waals surface area contributed by atoms with Crippen LogP contribution in [0, 0.1) is 23.2 Å². The number of primary amides is 1. The maximum Gasteiger partial charge on any atom is 0.303 e. The number of hydrogen-bond acceptors (Lipinski definition) is 22. The second-order valence-corrected chi connectivity index (χ2v) is 31.6. The second kappa shape index (κ2) is 42.3. The largest absolute Gasteiger partial charge is 0.481 e. The Hall–Kier alpha value is -7.25. The van der Waals surface area contributed by atoms with Gasteiger partial charge in [0.25, 0.3) is 0 Å². The second-order valence-electron chi connectivity index (χ2n) is 29.5. The van der Waals surface area contributed by atoms with Crippen LogP contribution in [0.2, 0.25) is 0 Å². The van der Waals surface area contributed by atoms with Gasteiger partial charge in [-0.3, -0.25) is 62.3 Å². The molecule has 17 atom stereocenters. The summed E-state index contributed by atoms with van der Waals surface area (Å²) >= 11 is 2.48. The van der Waals surface area contributed by atoms with Crippen LogP contribution < -0.4 is 85.5 Å². The van der Waals surface area contributed by atoms with Crippen molar-refractivity contribution >= 4 is 100 Å². The number of amides is 12. The molecular weight excluding hydrogens is 1400 g/mol. The number of carboxylic acid groups (broad SMARTS) is 1. The Morgan fingerprint density at radius 2 is 1.11 bits per heavy atom. The van der Waals surface area contributed by atoms with Crippen molar-refractivity contribution in [3.8, 4) is 0 Å². The maximum atomic E-state index is 15.1. The van der Waals surface area contributed by atoms with Crippen LogP contribution in [0.4, 0.5) is 0 Å². The number of carboxylic acids is 1. The molecule has 12 amide bonds. The molecular formula is C70H114N16O17S2. The lowest BCUT2D eigenvalue weighted by Crippen LogP contribution is -2.63. The number of rotatable bonds is 19. The number of aliphatic hydroxyl groups is 3. The molecule has 1 saturated carbocycles. The normalized spacial score (nSPS) is 30.6. The van der Waals surface area contributed by atoms with Crippen LogP contribution in [-0.4, -0.2) is 232 Å². The van der Waals surface area contributed by atoms with E-state index in [9.17, 15) is 78.0 Å². The summed E-state index contributed by atoms with van der Waals surface area (Å²) < 4.78 is 0. The molecule has 0 spiro atoms. The number of fused-ring (bicyclic) bond motifs is 3. The van der Waals surface area contributed by atoms with Crippen molar-refractivity contribution < 1.29 is 82.8 Å². The van der Waals surface area contributed by atoms with Gasteiger partial charge in [-0.05, 0) is 138 Å². The molecule has 588 valence electrons. The average Bonchev–Trinajstić information content (AvgIpc) is 1.59. The van der Waals surface area contributed by atoms with Gasteiger partial charge >= 0.3 is 5.97 Å². The molecule has 1 aliphatic carbocycles. The van der Waals surface area contributed by atoms with Gasteiger partial charge in [-0.2, -0.15) is 23.5 Å². The summed E-state index contributed by atoms with van der Waals surface area (Å²) in [5, 5.41) is 85.5.